The molecule has 0 N–H and O–H groups in total. The normalized spacial score (nSPS) is 16.0. The molecule has 0 radical (unpaired) electrons. The fourth-order valence-electron chi connectivity index (χ4n) is 5.50. The van der Waals surface area contributed by atoms with E-state index in [2.05, 4.69) is 107 Å². The van der Waals surface area contributed by atoms with Crippen LogP contribution in [0, 0.1) is 0 Å². The Kier molecular flexibility index (Phi) is 11.2. The number of halogens is 3. The van der Waals surface area contributed by atoms with Crippen LogP contribution in [0.1, 0.15) is 158 Å². The maximum Gasteiger partial charge on any atom is 0.523 e. The van der Waals surface area contributed by atoms with Crippen LogP contribution in [0.5, 0.6) is 0 Å². The van der Waals surface area contributed by atoms with Crippen molar-refractivity contribution < 1.29 is 25.6 Å². The summed E-state index contributed by atoms with van der Waals surface area (Å²) < 4.78 is 75.2. The Balaban J connectivity index is 3.58. The summed E-state index contributed by atoms with van der Waals surface area (Å²) >= 11 is 0. The van der Waals surface area contributed by atoms with Crippen LogP contribution in [-0.4, -0.2) is 20.6 Å². The Morgan fingerprint density at radius 1 is 0.532 bits per heavy atom. The molecule has 0 aliphatic carbocycles. The van der Waals surface area contributed by atoms with E-state index in [1.54, 1.807) is 6.66 Å². The van der Waals surface area contributed by atoms with E-state index in [0.29, 0.717) is 13.2 Å². The van der Waals surface area contributed by atoms with Gasteiger partial charge in [-0.25, -0.2) is 3.97 Å². The van der Waals surface area contributed by atoms with Crippen LogP contribution in [0.3, 0.4) is 0 Å². The molecular formula is C38H61F3O3P2S. The lowest BCUT2D eigenvalue weighted by Gasteiger charge is -2.38. The molecule has 0 spiro atoms. The van der Waals surface area contributed by atoms with Crippen LogP contribution in [0.15, 0.2) is 24.3 Å². The van der Waals surface area contributed by atoms with Gasteiger partial charge in [-0.1, -0.05) is 149 Å². The zero-order valence-electron chi connectivity index (χ0n) is 32.5. The van der Waals surface area contributed by atoms with Gasteiger partial charge in [-0.2, -0.15) is 21.6 Å². The highest BCUT2D eigenvalue weighted by Gasteiger charge is 2.51. The molecule has 3 nitrogen and oxygen atoms in total. The third-order valence-corrected chi connectivity index (χ3v) is 16.2. The monoisotopic (exact) mass is 716 g/mol. The van der Waals surface area contributed by atoms with Gasteiger partial charge in [0.05, 0.1) is 6.78 Å². The summed E-state index contributed by atoms with van der Waals surface area (Å²) in [6.07, 6.45) is 0. The van der Waals surface area contributed by atoms with E-state index in [9.17, 15) is 21.6 Å². The maximum absolute atomic E-state index is 14.3. The van der Waals surface area contributed by atoms with Gasteiger partial charge in [-0.3, -0.25) is 0 Å². The lowest BCUT2D eigenvalue weighted by Crippen LogP contribution is -2.35. The van der Waals surface area contributed by atoms with Crippen LogP contribution in [0.4, 0.5) is 13.2 Å². The molecule has 0 aliphatic rings. The van der Waals surface area contributed by atoms with E-state index >= 15 is 0 Å². The van der Waals surface area contributed by atoms with Crippen molar-refractivity contribution >= 4 is 35.4 Å². The average molecular weight is 717 g/mol. The molecule has 0 heterocycles. The second-order valence-electron chi connectivity index (χ2n) is 19.3. The van der Waals surface area contributed by atoms with Gasteiger partial charge in [-0.05, 0) is 80.4 Å². The smallest absolute Gasteiger partial charge is 0.234 e. The van der Waals surface area contributed by atoms with Crippen LogP contribution >= 0.6 is 14.6 Å². The fraction of sp³-hybridized carbons (Fsp3) is 0.684. The first-order valence-corrected chi connectivity index (χ1v) is 21.5. The van der Waals surface area contributed by atoms with Gasteiger partial charge in [-0.15, -0.1) is 0 Å². The molecule has 2 aromatic rings. The van der Waals surface area contributed by atoms with Crippen LogP contribution in [-0.2, 0) is 46.6 Å². The molecule has 0 amide bonds. The first-order chi connectivity index (χ1) is 20.3. The quantitative estimate of drug-likeness (QED) is 0.234. The molecule has 0 saturated carbocycles. The third kappa shape index (κ3) is 9.56. The Morgan fingerprint density at radius 3 is 1.04 bits per heavy atom. The summed E-state index contributed by atoms with van der Waals surface area (Å²) in [5.41, 5.74) is -2.12. The molecule has 2 rings (SSSR count). The number of hydrogen-bond donors (Lipinski definition) is 0. The highest BCUT2D eigenvalue weighted by molar-refractivity contribution is 8.13. The van der Waals surface area contributed by atoms with Crippen LogP contribution in [0.25, 0.3) is 0 Å². The Morgan fingerprint density at radius 2 is 0.809 bits per heavy atom. The molecule has 0 bridgehead atoms. The highest BCUT2D eigenvalue weighted by Crippen LogP contribution is 2.60. The summed E-state index contributed by atoms with van der Waals surface area (Å²) in [6.45, 7) is 35.5. The van der Waals surface area contributed by atoms with E-state index in [1.807, 2.05) is 41.5 Å². The van der Waals surface area contributed by atoms with Crippen molar-refractivity contribution in [2.24, 2.45) is 0 Å². The van der Waals surface area contributed by atoms with E-state index < -0.39 is 44.1 Å². The van der Waals surface area contributed by atoms with E-state index in [1.165, 1.54) is 0 Å². The van der Waals surface area contributed by atoms with Gasteiger partial charge < -0.3 is 0 Å². The zero-order valence-corrected chi connectivity index (χ0v) is 35.1. The molecule has 0 aromatic heterocycles. The summed E-state index contributed by atoms with van der Waals surface area (Å²) in [5.74, 6) is 0. The Bertz CT molecular complexity index is 1590. The SMILES string of the molecule is CC(C)(C)c1cc(C(C)(C)C)c(P=P(C)(OS(=O)(=O)C(F)(F)F)c2c(C(C)(C)C)cc(C(C)(C)C)cc2C(C)(C)C)c(C(C)(C)C)c1. The van der Waals surface area contributed by atoms with Crippen molar-refractivity contribution in [1.82, 2.24) is 0 Å². The second-order valence-corrected chi connectivity index (χ2v) is 27.0. The van der Waals surface area contributed by atoms with Crippen molar-refractivity contribution in [3.63, 3.8) is 0 Å². The summed E-state index contributed by atoms with van der Waals surface area (Å²) in [5, 5.41) is 1.44. The molecule has 2 aromatic carbocycles. The number of benzene rings is 2. The Labute approximate surface area is 287 Å². The lowest BCUT2D eigenvalue weighted by atomic mass is 9.75. The second kappa shape index (κ2) is 12.6. The number of alkyl halides is 3. The van der Waals surface area contributed by atoms with Gasteiger partial charge >= 0.3 is 15.6 Å². The minimum Gasteiger partial charge on any atom is -0.234 e. The third-order valence-electron chi connectivity index (χ3n) is 8.42. The molecule has 1 atom stereocenters. The van der Waals surface area contributed by atoms with Crippen molar-refractivity contribution in [3.8, 4) is 0 Å². The number of hydrogen-bond acceptors (Lipinski definition) is 3. The predicted octanol–water partition coefficient (Wildman–Crippen LogP) is 11.7. The zero-order chi connectivity index (χ0) is 37.4. The van der Waals surface area contributed by atoms with E-state index in [0.717, 1.165) is 38.7 Å². The molecule has 268 valence electrons. The van der Waals surface area contributed by atoms with Crippen molar-refractivity contribution in [3.05, 3.63) is 57.6 Å². The lowest BCUT2D eigenvalue weighted by molar-refractivity contribution is -0.0496. The van der Waals surface area contributed by atoms with E-state index in [4.69, 9.17) is 3.97 Å². The van der Waals surface area contributed by atoms with Gasteiger partial charge in [0, 0.05) is 10.6 Å². The standard InChI is InChI=1S/C38H61F3O3P2S/c1-32(2,3)24-20-26(34(7,8)9)30(27(21-24)35(10,11)12)45-46(19,44-47(42,43)38(39,40)41)31-28(36(13,14)15)22-25(33(4,5)6)23-29(31)37(16,17)18/h20-23H,1-19H3. The minimum atomic E-state index is -5.97. The van der Waals surface area contributed by atoms with Crippen LogP contribution in [0.2, 0.25) is 0 Å². The molecule has 1 unspecified atom stereocenters. The van der Waals surface area contributed by atoms with Gasteiger partial charge in [0.15, 0.2) is 0 Å². The first kappa shape index (κ1) is 42.0. The van der Waals surface area contributed by atoms with Gasteiger partial charge in [0.1, 0.15) is 0 Å². The largest absolute Gasteiger partial charge is 0.523 e. The van der Waals surface area contributed by atoms with Gasteiger partial charge in [0.2, 0.25) is 0 Å². The predicted molar refractivity (Wildman–Crippen MR) is 200 cm³/mol. The molecule has 0 fully saturated rings. The maximum atomic E-state index is 14.3. The van der Waals surface area contributed by atoms with Crippen LogP contribution < -0.4 is 10.6 Å². The van der Waals surface area contributed by atoms with Crippen molar-refractivity contribution in [2.45, 2.75) is 163 Å². The highest BCUT2D eigenvalue weighted by atomic mass is 32.2. The Hall–Kier alpha value is -1.13. The molecular weight excluding hydrogens is 655 g/mol. The molecule has 0 saturated heterocycles. The summed E-state index contributed by atoms with van der Waals surface area (Å²) in [4.78, 5) is 0. The topological polar surface area (TPSA) is 43.4 Å². The van der Waals surface area contributed by atoms with Crippen molar-refractivity contribution in [2.75, 3.05) is 6.66 Å². The van der Waals surface area contributed by atoms with Gasteiger partial charge in [0.25, 0.3) is 0 Å². The van der Waals surface area contributed by atoms with Crippen molar-refractivity contribution in [1.29, 1.82) is 0 Å². The first-order valence-electron chi connectivity index (χ1n) is 16.4. The average Bonchev–Trinajstić information content (AvgIpc) is 2.78. The van der Waals surface area contributed by atoms with E-state index in [-0.39, 0.29) is 10.8 Å². The summed E-state index contributed by atoms with van der Waals surface area (Å²) in [6, 6.07) is 8.47. The fourth-order valence-corrected chi connectivity index (χ4v) is 14.8. The number of rotatable bonds is 4. The minimum absolute atomic E-state index is 0.189. The molecule has 0 aliphatic heterocycles. The molecule has 47 heavy (non-hydrogen) atoms. The summed E-state index contributed by atoms with van der Waals surface area (Å²) in [7, 11) is -5.55. The molecule has 9 heteroatoms.